The number of hydrogen-bond acceptors (Lipinski definition) is 6. The first-order valence-electron chi connectivity index (χ1n) is 5.41. The first kappa shape index (κ1) is 15.1. The lowest BCUT2D eigenvalue weighted by molar-refractivity contribution is -0.162. The molecule has 0 bridgehead atoms. The maximum absolute atomic E-state index is 10.8. The van der Waals surface area contributed by atoms with Crippen LogP contribution in [0, 0.1) is 0 Å². The van der Waals surface area contributed by atoms with Crippen molar-refractivity contribution in [1.82, 2.24) is 0 Å². The average molecular weight is 270 g/mol. The monoisotopic (exact) mass is 270 g/mol. The fourth-order valence-corrected chi connectivity index (χ4v) is 1.36. The first-order chi connectivity index (χ1) is 8.97. The van der Waals surface area contributed by atoms with Crippen LogP contribution in [0.25, 0.3) is 0 Å². The van der Waals surface area contributed by atoms with E-state index in [0.717, 1.165) is 0 Å². The number of aliphatic hydroxyl groups excluding tert-OH is 3. The van der Waals surface area contributed by atoms with Crippen molar-refractivity contribution in [2.45, 2.75) is 24.4 Å². The summed E-state index contributed by atoms with van der Waals surface area (Å²) in [5.74, 6) is -1.45. The number of para-hydroxylation sites is 1. The smallest absolute Gasteiger partial charge is 0.335 e. The fraction of sp³-hybridized carbons (Fsp3) is 0.333. The predicted molar refractivity (Wildman–Crippen MR) is 62.6 cm³/mol. The van der Waals surface area contributed by atoms with Gasteiger partial charge in [-0.2, -0.15) is 0 Å². The molecule has 0 unspecified atom stereocenters. The van der Waals surface area contributed by atoms with Crippen LogP contribution >= 0.6 is 0 Å². The number of aliphatic carboxylic acids is 1. The summed E-state index contributed by atoms with van der Waals surface area (Å²) in [5, 5.41) is 36.6. The number of carbonyl (C=O) groups excluding carboxylic acids is 1. The molecule has 1 aromatic rings. The average Bonchev–Trinajstić information content (AvgIpc) is 2.43. The summed E-state index contributed by atoms with van der Waals surface area (Å²) in [6, 6.07) is 8.01. The molecule has 0 saturated heterocycles. The molecule has 0 aromatic heterocycles. The summed E-state index contributed by atoms with van der Waals surface area (Å²) in [4.78, 5) is 21.3. The second-order valence-electron chi connectivity index (χ2n) is 3.80. The van der Waals surface area contributed by atoms with Gasteiger partial charge < -0.3 is 25.2 Å². The van der Waals surface area contributed by atoms with Gasteiger partial charge in [-0.25, -0.2) is 4.79 Å². The highest BCUT2D eigenvalue weighted by Gasteiger charge is 2.36. The van der Waals surface area contributed by atoms with Crippen LogP contribution in [0.15, 0.2) is 30.3 Å². The van der Waals surface area contributed by atoms with Crippen LogP contribution in [0.4, 0.5) is 0 Å². The molecular formula is C12H14O7. The van der Waals surface area contributed by atoms with Crippen LogP contribution in [0.1, 0.15) is 0 Å². The Bertz CT molecular complexity index is 419. The van der Waals surface area contributed by atoms with E-state index >= 15 is 0 Å². The third-order valence-corrected chi connectivity index (χ3v) is 2.41. The van der Waals surface area contributed by atoms with Gasteiger partial charge in [0.1, 0.15) is 18.0 Å². The van der Waals surface area contributed by atoms with Gasteiger partial charge in [-0.1, -0.05) is 18.2 Å². The zero-order valence-corrected chi connectivity index (χ0v) is 9.79. The normalized spacial score (nSPS) is 17.0. The Kier molecular flexibility index (Phi) is 5.43. The summed E-state index contributed by atoms with van der Waals surface area (Å²) in [5.41, 5.74) is 0. The third kappa shape index (κ3) is 4.02. The predicted octanol–water partition coefficient (Wildman–Crippen LogP) is -1.20. The topological polar surface area (TPSA) is 124 Å². The second-order valence-corrected chi connectivity index (χ2v) is 3.80. The molecule has 0 radical (unpaired) electrons. The summed E-state index contributed by atoms with van der Waals surface area (Å²) in [6.07, 6.45) is -7.40. The van der Waals surface area contributed by atoms with Crippen LogP contribution < -0.4 is 4.74 Å². The van der Waals surface area contributed by atoms with E-state index in [1.807, 2.05) is 0 Å². The molecular weight excluding hydrogens is 256 g/mol. The SMILES string of the molecule is O=C[C@H](Oc1ccccc1)[C@@H](O)[C@H](O)[C@H](O)C(=O)O. The van der Waals surface area contributed by atoms with Crippen molar-refractivity contribution in [1.29, 1.82) is 0 Å². The lowest BCUT2D eigenvalue weighted by Crippen LogP contribution is -2.49. The molecule has 0 fully saturated rings. The van der Waals surface area contributed by atoms with Crippen LogP contribution in [0.2, 0.25) is 0 Å². The summed E-state index contributed by atoms with van der Waals surface area (Å²) in [6.45, 7) is 0. The van der Waals surface area contributed by atoms with E-state index in [1.54, 1.807) is 18.2 Å². The van der Waals surface area contributed by atoms with Gasteiger partial charge in [0.25, 0.3) is 0 Å². The fourth-order valence-electron chi connectivity index (χ4n) is 1.36. The molecule has 0 amide bonds. The van der Waals surface area contributed by atoms with Gasteiger partial charge in [-0.3, -0.25) is 4.79 Å². The Hall–Kier alpha value is -1.96. The van der Waals surface area contributed by atoms with Gasteiger partial charge in [0, 0.05) is 0 Å². The van der Waals surface area contributed by atoms with Crippen molar-refractivity contribution in [2.75, 3.05) is 0 Å². The first-order valence-corrected chi connectivity index (χ1v) is 5.41. The number of aliphatic hydroxyl groups is 3. The third-order valence-electron chi connectivity index (χ3n) is 2.41. The second kappa shape index (κ2) is 6.83. The van der Waals surface area contributed by atoms with E-state index in [2.05, 4.69) is 0 Å². The molecule has 0 aliphatic rings. The van der Waals surface area contributed by atoms with Crippen molar-refractivity contribution < 1.29 is 34.8 Å². The molecule has 1 aromatic carbocycles. The summed E-state index contributed by atoms with van der Waals surface area (Å²) < 4.78 is 5.09. The quantitative estimate of drug-likeness (QED) is 0.459. The molecule has 0 aliphatic carbocycles. The minimum Gasteiger partial charge on any atom is -0.480 e. The van der Waals surface area contributed by atoms with Crippen molar-refractivity contribution in [3.63, 3.8) is 0 Å². The van der Waals surface area contributed by atoms with Crippen LogP contribution in [0.3, 0.4) is 0 Å². The van der Waals surface area contributed by atoms with E-state index in [0.29, 0.717) is 0 Å². The molecule has 0 spiro atoms. The zero-order chi connectivity index (χ0) is 14.4. The minimum atomic E-state index is -2.21. The van der Waals surface area contributed by atoms with Crippen molar-refractivity contribution in [2.24, 2.45) is 0 Å². The van der Waals surface area contributed by atoms with Crippen LogP contribution in [-0.4, -0.2) is 57.1 Å². The molecule has 1 rings (SSSR count). The number of rotatable bonds is 7. The standard InChI is InChI=1S/C12H14O7/c13-6-8(19-7-4-2-1-3-5-7)9(14)10(15)11(16)12(17)18/h1-6,8-11,14-16H,(H,17,18)/t8-,9+,10-,11-/m0/s1. The highest BCUT2D eigenvalue weighted by atomic mass is 16.5. The van der Waals surface area contributed by atoms with Crippen LogP contribution in [0.5, 0.6) is 5.75 Å². The van der Waals surface area contributed by atoms with Gasteiger partial charge in [0.2, 0.25) is 0 Å². The number of aldehydes is 1. The molecule has 7 heteroatoms. The number of carbonyl (C=O) groups is 2. The maximum Gasteiger partial charge on any atom is 0.335 e. The lowest BCUT2D eigenvalue weighted by atomic mass is 10.0. The van der Waals surface area contributed by atoms with Crippen LogP contribution in [-0.2, 0) is 9.59 Å². The molecule has 0 saturated carbocycles. The van der Waals surface area contributed by atoms with Crippen molar-refractivity contribution in [3.05, 3.63) is 30.3 Å². The largest absolute Gasteiger partial charge is 0.480 e. The number of carboxylic acids is 1. The Morgan fingerprint density at radius 1 is 1.11 bits per heavy atom. The summed E-state index contributed by atoms with van der Waals surface area (Å²) in [7, 11) is 0. The van der Waals surface area contributed by atoms with Gasteiger partial charge in [0.15, 0.2) is 18.5 Å². The Morgan fingerprint density at radius 3 is 2.16 bits per heavy atom. The molecule has 104 valence electrons. The molecule has 4 N–H and O–H groups in total. The highest BCUT2D eigenvalue weighted by molar-refractivity contribution is 5.73. The molecule has 0 aliphatic heterocycles. The summed E-state index contributed by atoms with van der Waals surface area (Å²) >= 11 is 0. The molecule has 19 heavy (non-hydrogen) atoms. The Labute approximate surface area is 108 Å². The Morgan fingerprint density at radius 2 is 1.68 bits per heavy atom. The maximum atomic E-state index is 10.8. The van der Waals surface area contributed by atoms with Crippen molar-refractivity contribution >= 4 is 12.3 Å². The van der Waals surface area contributed by atoms with Gasteiger partial charge in [-0.05, 0) is 12.1 Å². The van der Waals surface area contributed by atoms with Gasteiger partial charge in [0.05, 0.1) is 0 Å². The lowest BCUT2D eigenvalue weighted by Gasteiger charge is -2.25. The zero-order valence-electron chi connectivity index (χ0n) is 9.79. The molecule has 7 nitrogen and oxygen atoms in total. The van der Waals surface area contributed by atoms with Crippen molar-refractivity contribution in [3.8, 4) is 5.75 Å². The van der Waals surface area contributed by atoms with E-state index in [4.69, 9.17) is 14.9 Å². The number of hydrogen-bond donors (Lipinski definition) is 4. The number of carboxylic acid groups (broad SMARTS) is 1. The van der Waals surface area contributed by atoms with E-state index in [9.17, 15) is 19.8 Å². The number of benzene rings is 1. The highest BCUT2D eigenvalue weighted by Crippen LogP contribution is 2.14. The van der Waals surface area contributed by atoms with E-state index in [-0.39, 0.29) is 12.0 Å². The minimum absolute atomic E-state index is 0.218. The molecule has 0 heterocycles. The van der Waals surface area contributed by atoms with E-state index < -0.39 is 30.4 Å². The van der Waals surface area contributed by atoms with Gasteiger partial charge >= 0.3 is 5.97 Å². The Balaban J connectivity index is 2.74. The number of ether oxygens (including phenoxy) is 1. The van der Waals surface area contributed by atoms with Gasteiger partial charge in [-0.15, -0.1) is 0 Å². The van der Waals surface area contributed by atoms with E-state index in [1.165, 1.54) is 12.1 Å². The molecule has 4 atom stereocenters.